The summed E-state index contributed by atoms with van der Waals surface area (Å²) in [5.41, 5.74) is 1.09. The summed E-state index contributed by atoms with van der Waals surface area (Å²) >= 11 is 6.03. The van der Waals surface area contributed by atoms with E-state index < -0.39 is 0 Å². The molecular formula is C14H17ClN2O. The van der Waals surface area contributed by atoms with Crippen molar-refractivity contribution in [2.75, 3.05) is 13.7 Å². The summed E-state index contributed by atoms with van der Waals surface area (Å²) < 4.78 is 5.36. The number of hydrogen-bond acceptors (Lipinski definition) is 3. The summed E-state index contributed by atoms with van der Waals surface area (Å²) in [5.74, 6) is 0.863. The summed E-state index contributed by atoms with van der Waals surface area (Å²) in [6.45, 7) is 1.62. The molecule has 0 unspecified atom stereocenters. The van der Waals surface area contributed by atoms with Crippen molar-refractivity contribution < 1.29 is 4.74 Å². The van der Waals surface area contributed by atoms with Crippen LogP contribution in [0.5, 0.6) is 5.75 Å². The van der Waals surface area contributed by atoms with Crippen LogP contribution >= 0.6 is 11.6 Å². The van der Waals surface area contributed by atoms with E-state index in [4.69, 9.17) is 21.6 Å². The van der Waals surface area contributed by atoms with Crippen LogP contribution in [0.15, 0.2) is 18.2 Å². The second kappa shape index (κ2) is 6.08. The molecule has 0 spiro atoms. The third-order valence-electron chi connectivity index (χ3n) is 3.19. The van der Waals surface area contributed by atoms with E-state index in [1.165, 1.54) is 12.8 Å². The number of nitrogens with zero attached hydrogens (tertiary/aromatic N) is 2. The molecule has 0 aromatic heterocycles. The Morgan fingerprint density at radius 2 is 2.28 bits per heavy atom. The van der Waals surface area contributed by atoms with Crippen molar-refractivity contribution >= 4 is 11.6 Å². The highest BCUT2D eigenvalue weighted by Crippen LogP contribution is 2.31. The molecule has 0 amide bonds. The number of benzene rings is 1. The lowest BCUT2D eigenvalue weighted by atomic mass is 10.1. The number of hydrogen-bond donors (Lipinski definition) is 0. The molecule has 1 aliphatic carbocycles. The van der Waals surface area contributed by atoms with Gasteiger partial charge < -0.3 is 4.74 Å². The van der Waals surface area contributed by atoms with E-state index in [2.05, 4.69) is 11.0 Å². The lowest BCUT2D eigenvalue weighted by Crippen LogP contribution is -2.26. The number of rotatable bonds is 6. The smallest absolute Gasteiger partial charge is 0.123 e. The molecule has 2 rings (SSSR count). The van der Waals surface area contributed by atoms with Gasteiger partial charge in [0.2, 0.25) is 0 Å². The van der Waals surface area contributed by atoms with E-state index >= 15 is 0 Å². The van der Waals surface area contributed by atoms with Crippen LogP contribution in [0.25, 0.3) is 0 Å². The number of methoxy groups -OCH3 is 1. The second-order valence-electron chi connectivity index (χ2n) is 4.57. The van der Waals surface area contributed by atoms with Crippen LogP contribution in [0.4, 0.5) is 0 Å². The first-order chi connectivity index (χ1) is 8.74. The summed E-state index contributed by atoms with van der Waals surface area (Å²) in [6.07, 6.45) is 3.03. The zero-order chi connectivity index (χ0) is 13.0. The molecule has 0 N–H and O–H groups in total. The van der Waals surface area contributed by atoms with Crippen LogP contribution in [-0.2, 0) is 6.54 Å². The molecule has 0 atom stereocenters. The van der Waals surface area contributed by atoms with Gasteiger partial charge in [-0.05, 0) is 31.0 Å². The minimum atomic E-state index is 0.569. The van der Waals surface area contributed by atoms with Gasteiger partial charge in [0, 0.05) is 36.1 Å². The standard InChI is InChI=1S/C14H17ClN2O/c1-18-14-6-3-12(15)9-11(14)10-17(8-2-7-16)13-4-5-13/h3,6,9,13H,2,4-5,8,10H2,1H3. The molecule has 18 heavy (non-hydrogen) atoms. The van der Waals surface area contributed by atoms with Crippen molar-refractivity contribution in [3.63, 3.8) is 0 Å². The largest absolute Gasteiger partial charge is 0.496 e. The molecule has 1 fully saturated rings. The molecule has 0 radical (unpaired) electrons. The Hall–Kier alpha value is -1.24. The second-order valence-corrected chi connectivity index (χ2v) is 5.00. The lowest BCUT2D eigenvalue weighted by molar-refractivity contribution is 0.256. The van der Waals surface area contributed by atoms with Crippen LogP contribution < -0.4 is 4.74 Å². The third-order valence-corrected chi connectivity index (χ3v) is 3.43. The maximum Gasteiger partial charge on any atom is 0.123 e. The maximum atomic E-state index is 8.71. The van der Waals surface area contributed by atoms with Gasteiger partial charge in [0.05, 0.1) is 13.2 Å². The van der Waals surface area contributed by atoms with Gasteiger partial charge in [-0.15, -0.1) is 0 Å². The number of ether oxygens (including phenoxy) is 1. The van der Waals surface area contributed by atoms with E-state index in [-0.39, 0.29) is 0 Å². The van der Waals surface area contributed by atoms with Gasteiger partial charge in [0.15, 0.2) is 0 Å². The molecule has 3 nitrogen and oxygen atoms in total. The first kappa shape index (κ1) is 13.2. The highest BCUT2D eigenvalue weighted by Gasteiger charge is 2.29. The van der Waals surface area contributed by atoms with E-state index in [0.29, 0.717) is 12.5 Å². The summed E-state index contributed by atoms with van der Waals surface area (Å²) in [5, 5.41) is 9.43. The van der Waals surface area contributed by atoms with Crippen molar-refractivity contribution in [1.82, 2.24) is 4.90 Å². The minimum Gasteiger partial charge on any atom is -0.496 e. The molecule has 0 heterocycles. The van der Waals surface area contributed by atoms with E-state index in [1.54, 1.807) is 7.11 Å². The van der Waals surface area contributed by atoms with Gasteiger partial charge >= 0.3 is 0 Å². The predicted octanol–water partition coefficient (Wildman–Crippen LogP) is 3.23. The number of halogens is 1. The van der Waals surface area contributed by atoms with Gasteiger partial charge in [0.1, 0.15) is 5.75 Å². The fourth-order valence-corrected chi connectivity index (χ4v) is 2.31. The SMILES string of the molecule is COc1ccc(Cl)cc1CN(CCC#N)C1CC1. The molecule has 0 aliphatic heterocycles. The Morgan fingerprint density at radius 3 is 2.89 bits per heavy atom. The fraction of sp³-hybridized carbons (Fsp3) is 0.500. The Balaban J connectivity index is 2.10. The molecule has 0 bridgehead atoms. The van der Waals surface area contributed by atoms with Gasteiger partial charge in [-0.3, -0.25) is 4.90 Å². The molecule has 1 aliphatic rings. The van der Waals surface area contributed by atoms with Gasteiger partial charge in [-0.25, -0.2) is 0 Å². The first-order valence-electron chi connectivity index (χ1n) is 6.18. The highest BCUT2D eigenvalue weighted by molar-refractivity contribution is 6.30. The highest BCUT2D eigenvalue weighted by atomic mass is 35.5. The van der Waals surface area contributed by atoms with E-state index in [1.807, 2.05) is 18.2 Å². The van der Waals surface area contributed by atoms with E-state index in [9.17, 15) is 0 Å². The van der Waals surface area contributed by atoms with Gasteiger partial charge in [-0.1, -0.05) is 11.6 Å². The minimum absolute atomic E-state index is 0.569. The van der Waals surface area contributed by atoms with Crippen molar-refractivity contribution in [1.29, 1.82) is 5.26 Å². The zero-order valence-electron chi connectivity index (χ0n) is 10.5. The summed E-state index contributed by atoms with van der Waals surface area (Å²) in [6, 6.07) is 8.51. The van der Waals surface area contributed by atoms with Gasteiger partial charge in [-0.2, -0.15) is 5.26 Å². The monoisotopic (exact) mass is 264 g/mol. The Morgan fingerprint density at radius 1 is 1.50 bits per heavy atom. The third kappa shape index (κ3) is 3.38. The maximum absolute atomic E-state index is 8.71. The zero-order valence-corrected chi connectivity index (χ0v) is 11.3. The molecule has 1 aromatic carbocycles. The lowest BCUT2D eigenvalue weighted by Gasteiger charge is -2.22. The Bertz CT molecular complexity index is 452. The van der Waals surface area contributed by atoms with Crippen molar-refractivity contribution in [2.24, 2.45) is 0 Å². The first-order valence-corrected chi connectivity index (χ1v) is 6.56. The summed E-state index contributed by atoms with van der Waals surface area (Å²) in [4.78, 5) is 2.34. The molecular weight excluding hydrogens is 248 g/mol. The van der Waals surface area contributed by atoms with Crippen LogP contribution in [-0.4, -0.2) is 24.6 Å². The predicted molar refractivity (Wildman–Crippen MR) is 71.7 cm³/mol. The molecule has 1 saturated carbocycles. The van der Waals surface area contributed by atoms with Crippen LogP contribution in [0, 0.1) is 11.3 Å². The fourth-order valence-electron chi connectivity index (χ4n) is 2.11. The van der Waals surface area contributed by atoms with Crippen molar-refractivity contribution in [2.45, 2.75) is 31.8 Å². The Labute approximate surface area is 113 Å². The molecule has 4 heteroatoms. The average Bonchev–Trinajstić information content (AvgIpc) is 3.19. The molecule has 1 aromatic rings. The van der Waals surface area contributed by atoms with Crippen molar-refractivity contribution in [3.05, 3.63) is 28.8 Å². The number of nitriles is 1. The van der Waals surface area contributed by atoms with Crippen molar-refractivity contribution in [3.8, 4) is 11.8 Å². The summed E-state index contributed by atoms with van der Waals surface area (Å²) in [7, 11) is 1.67. The van der Waals surface area contributed by atoms with Gasteiger partial charge in [0.25, 0.3) is 0 Å². The quantitative estimate of drug-likeness (QED) is 0.791. The van der Waals surface area contributed by atoms with Crippen LogP contribution in [0.3, 0.4) is 0 Å². The van der Waals surface area contributed by atoms with Crippen LogP contribution in [0.2, 0.25) is 5.02 Å². The van der Waals surface area contributed by atoms with E-state index in [0.717, 1.165) is 29.4 Å². The normalized spacial score (nSPS) is 14.6. The average molecular weight is 265 g/mol. The van der Waals surface area contributed by atoms with Crippen LogP contribution in [0.1, 0.15) is 24.8 Å². The molecule has 0 saturated heterocycles. The molecule has 96 valence electrons. The Kier molecular flexibility index (Phi) is 4.46. The topological polar surface area (TPSA) is 36.3 Å².